The van der Waals surface area contributed by atoms with Gasteiger partial charge in [0.1, 0.15) is 0 Å². The van der Waals surface area contributed by atoms with Crippen LogP contribution in [0.5, 0.6) is 0 Å². The summed E-state index contributed by atoms with van der Waals surface area (Å²) in [5.74, 6) is -0.476. The molecule has 0 N–H and O–H groups in total. The maximum atomic E-state index is 11.1. The van der Waals surface area contributed by atoms with Gasteiger partial charge in [0, 0.05) is 11.6 Å². The van der Waals surface area contributed by atoms with Crippen LogP contribution in [-0.2, 0) is 9.53 Å². The molecule has 1 aliphatic carbocycles. The Kier molecular flexibility index (Phi) is 2.79. The molecule has 70 valence electrons. The molecule has 0 saturated carbocycles. The number of rotatable bonds is 3. The second-order valence-corrected chi connectivity index (χ2v) is 2.50. The topological polar surface area (TPSA) is 69.4 Å². The minimum atomic E-state index is -0.497. The number of ether oxygens (including phenoxy) is 1. The molecule has 0 aromatic carbocycles. The van der Waals surface area contributed by atoms with Gasteiger partial charge in [-0.05, 0) is 13.0 Å². The molecule has 0 aromatic rings. The predicted octanol–water partition coefficient (Wildman–Crippen LogP) is 1.04. The zero-order chi connectivity index (χ0) is 9.84. The monoisotopic (exact) mass is 183 g/mol. The van der Waals surface area contributed by atoms with E-state index in [-0.39, 0.29) is 18.7 Å². The molecule has 0 fully saturated rings. The molecule has 0 aliphatic heterocycles. The predicted molar refractivity (Wildman–Crippen MR) is 44.4 cm³/mol. The third kappa shape index (κ3) is 2.14. The normalized spacial score (nSPS) is 14.8. The van der Waals surface area contributed by atoms with E-state index in [1.165, 1.54) is 12.2 Å². The summed E-state index contributed by atoms with van der Waals surface area (Å²) in [6.45, 7) is 1.97. The summed E-state index contributed by atoms with van der Waals surface area (Å²) in [5, 5.41) is 10.3. The van der Waals surface area contributed by atoms with Crippen molar-refractivity contribution in [3.8, 4) is 0 Å². The number of nitro groups is 1. The third-order valence-electron chi connectivity index (χ3n) is 1.62. The molecular weight excluding hydrogens is 174 g/mol. The first-order chi connectivity index (χ1) is 6.15. The molecule has 0 aromatic heterocycles. The van der Waals surface area contributed by atoms with Crippen LogP contribution in [0.3, 0.4) is 0 Å². The lowest BCUT2D eigenvalue weighted by atomic mass is 10.2. The van der Waals surface area contributed by atoms with Crippen LogP contribution in [0.1, 0.15) is 13.3 Å². The Labute approximate surface area is 74.8 Å². The lowest BCUT2D eigenvalue weighted by Gasteiger charge is -2.00. The van der Waals surface area contributed by atoms with Crippen molar-refractivity contribution in [3.63, 3.8) is 0 Å². The van der Waals surface area contributed by atoms with Crippen LogP contribution in [0.25, 0.3) is 0 Å². The number of hydrogen-bond acceptors (Lipinski definition) is 4. The van der Waals surface area contributed by atoms with Gasteiger partial charge in [0.05, 0.1) is 18.0 Å². The molecule has 0 amide bonds. The molecule has 0 radical (unpaired) electrons. The summed E-state index contributed by atoms with van der Waals surface area (Å²) >= 11 is 0. The summed E-state index contributed by atoms with van der Waals surface area (Å²) < 4.78 is 4.69. The Morgan fingerprint density at radius 2 is 2.38 bits per heavy atom. The molecule has 0 heterocycles. The van der Waals surface area contributed by atoms with Crippen LogP contribution in [0.15, 0.2) is 23.4 Å². The molecule has 5 nitrogen and oxygen atoms in total. The number of carbonyl (C=O) groups excluding carboxylic acids is 1. The van der Waals surface area contributed by atoms with Gasteiger partial charge in [-0.15, -0.1) is 0 Å². The van der Waals surface area contributed by atoms with Crippen LogP contribution < -0.4 is 0 Å². The third-order valence-corrected chi connectivity index (χ3v) is 1.62. The number of nitrogens with zero attached hydrogens (tertiary/aromatic N) is 1. The first-order valence-electron chi connectivity index (χ1n) is 3.86. The minimum Gasteiger partial charge on any atom is -0.463 e. The van der Waals surface area contributed by atoms with Gasteiger partial charge >= 0.3 is 5.97 Å². The summed E-state index contributed by atoms with van der Waals surface area (Å²) in [5.41, 5.74) is 0.372. The van der Waals surface area contributed by atoms with E-state index in [9.17, 15) is 14.9 Å². The SMILES string of the molecule is CCOC(=O)C1=CC=C([N+](=O)[O-])C1. The van der Waals surface area contributed by atoms with Gasteiger partial charge in [0.2, 0.25) is 0 Å². The molecule has 0 atom stereocenters. The minimum absolute atomic E-state index is 0.0306. The van der Waals surface area contributed by atoms with Gasteiger partial charge in [-0.1, -0.05) is 0 Å². The van der Waals surface area contributed by atoms with E-state index >= 15 is 0 Å². The van der Waals surface area contributed by atoms with Crippen molar-refractivity contribution >= 4 is 5.97 Å². The van der Waals surface area contributed by atoms with Gasteiger partial charge in [-0.25, -0.2) is 4.79 Å². The summed E-state index contributed by atoms with van der Waals surface area (Å²) in [7, 11) is 0. The van der Waals surface area contributed by atoms with Crippen molar-refractivity contribution in [2.45, 2.75) is 13.3 Å². The first kappa shape index (κ1) is 9.44. The maximum absolute atomic E-state index is 11.1. The molecule has 0 saturated heterocycles. The molecular formula is C8H9NO4. The van der Waals surface area contributed by atoms with E-state index in [1.54, 1.807) is 6.92 Å². The van der Waals surface area contributed by atoms with E-state index in [0.29, 0.717) is 5.57 Å². The standard InChI is InChI=1S/C8H9NO4/c1-2-13-8(10)6-3-4-7(5-6)9(11)12/h3-4H,2,5H2,1H3. The van der Waals surface area contributed by atoms with Gasteiger partial charge < -0.3 is 4.74 Å². The van der Waals surface area contributed by atoms with E-state index in [0.717, 1.165) is 0 Å². The summed E-state index contributed by atoms with van der Waals surface area (Å²) in [6, 6.07) is 0. The van der Waals surface area contributed by atoms with Gasteiger partial charge in [0.25, 0.3) is 5.70 Å². The van der Waals surface area contributed by atoms with Crippen LogP contribution in [-0.4, -0.2) is 17.5 Å². The van der Waals surface area contributed by atoms with E-state index < -0.39 is 10.9 Å². The maximum Gasteiger partial charge on any atom is 0.334 e. The molecule has 1 rings (SSSR count). The second kappa shape index (κ2) is 3.84. The van der Waals surface area contributed by atoms with Gasteiger partial charge in [-0.3, -0.25) is 10.1 Å². The summed E-state index contributed by atoms with van der Waals surface area (Å²) in [4.78, 5) is 20.8. The zero-order valence-electron chi connectivity index (χ0n) is 7.15. The van der Waals surface area contributed by atoms with Crippen LogP contribution in [0, 0.1) is 10.1 Å². The Morgan fingerprint density at radius 1 is 1.69 bits per heavy atom. The number of hydrogen-bond donors (Lipinski definition) is 0. The summed E-state index contributed by atoms with van der Waals surface area (Å²) in [6.07, 6.45) is 2.81. The lowest BCUT2D eigenvalue weighted by Crippen LogP contribution is -2.07. The van der Waals surface area contributed by atoms with Crippen molar-refractivity contribution in [1.82, 2.24) is 0 Å². The van der Waals surface area contributed by atoms with Crippen molar-refractivity contribution < 1.29 is 14.5 Å². The number of esters is 1. The van der Waals surface area contributed by atoms with Crippen molar-refractivity contribution in [2.75, 3.05) is 6.61 Å². The van der Waals surface area contributed by atoms with E-state index in [2.05, 4.69) is 0 Å². The van der Waals surface area contributed by atoms with Gasteiger partial charge in [-0.2, -0.15) is 0 Å². The average molecular weight is 183 g/mol. The van der Waals surface area contributed by atoms with Crippen LogP contribution >= 0.6 is 0 Å². The largest absolute Gasteiger partial charge is 0.463 e. The average Bonchev–Trinajstić information content (AvgIpc) is 2.52. The Balaban J connectivity index is 2.54. The molecule has 0 unspecified atom stereocenters. The highest BCUT2D eigenvalue weighted by molar-refractivity contribution is 5.90. The fourth-order valence-electron chi connectivity index (χ4n) is 0.999. The molecule has 1 aliphatic rings. The lowest BCUT2D eigenvalue weighted by molar-refractivity contribution is -0.426. The van der Waals surface area contributed by atoms with Gasteiger partial charge in [0.15, 0.2) is 0 Å². The second-order valence-electron chi connectivity index (χ2n) is 2.50. The highest BCUT2D eigenvalue weighted by atomic mass is 16.6. The quantitative estimate of drug-likeness (QED) is 0.372. The van der Waals surface area contributed by atoms with Crippen LogP contribution in [0.4, 0.5) is 0 Å². The van der Waals surface area contributed by atoms with Crippen molar-refractivity contribution in [2.24, 2.45) is 0 Å². The Morgan fingerprint density at radius 3 is 2.85 bits per heavy atom. The highest BCUT2D eigenvalue weighted by Gasteiger charge is 2.23. The molecule has 5 heteroatoms. The van der Waals surface area contributed by atoms with Crippen LogP contribution in [0.2, 0.25) is 0 Å². The Bertz CT molecular complexity index is 303. The van der Waals surface area contributed by atoms with E-state index in [1.807, 2.05) is 0 Å². The highest BCUT2D eigenvalue weighted by Crippen LogP contribution is 2.19. The fraction of sp³-hybridized carbons (Fsp3) is 0.375. The number of carbonyl (C=O) groups is 1. The smallest absolute Gasteiger partial charge is 0.334 e. The van der Waals surface area contributed by atoms with Crippen molar-refractivity contribution in [1.29, 1.82) is 0 Å². The molecule has 13 heavy (non-hydrogen) atoms. The number of allylic oxidation sites excluding steroid dienone is 3. The fourth-order valence-corrected chi connectivity index (χ4v) is 0.999. The molecule has 0 bridgehead atoms. The van der Waals surface area contributed by atoms with Crippen molar-refractivity contribution in [3.05, 3.63) is 33.5 Å². The Hall–Kier alpha value is -1.65. The zero-order valence-corrected chi connectivity index (χ0v) is 7.15. The van der Waals surface area contributed by atoms with E-state index in [4.69, 9.17) is 4.74 Å². The first-order valence-corrected chi connectivity index (χ1v) is 3.86. The molecule has 0 spiro atoms.